The van der Waals surface area contributed by atoms with Crippen LogP contribution in [0.25, 0.3) is 0 Å². The van der Waals surface area contributed by atoms with Gasteiger partial charge in [-0.05, 0) is 44.4 Å². The lowest BCUT2D eigenvalue weighted by atomic mass is 9.64. The average molecular weight is 371 g/mol. The van der Waals surface area contributed by atoms with E-state index in [2.05, 4.69) is 15.2 Å². The van der Waals surface area contributed by atoms with E-state index in [0.29, 0.717) is 30.0 Å². The number of hydrogen-bond acceptors (Lipinski definition) is 4. The fourth-order valence-electron chi connectivity index (χ4n) is 6.05. The van der Waals surface area contributed by atoms with Gasteiger partial charge in [0.15, 0.2) is 5.69 Å². The maximum absolute atomic E-state index is 13.2. The predicted molar refractivity (Wildman–Crippen MR) is 98.8 cm³/mol. The summed E-state index contributed by atoms with van der Waals surface area (Å²) in [7, 11) is 1.81. The van der Waals surface area contributed by atoms with Gasteiger partial charge in [-0.25, -0.2) is 0 Å². The van der Waals surface area contributed by atoms with E-state index in [0.717, 1.165) is 37.5 Å². The van der Waals surface area contributed by atoms with Crippen molar-refractivity contribution in [2.75, 3.05) is 19.6 Å². The minimum Gasteiger partial charge on any atom is -0.340 e. The standard InChI is InChI=1S/C20H29N5O2/c1-12-18(21-22-23(12)2)20(27)25-8-7-15-10-24(11-17(15)25)19(26)16-9-13-3-5-14(16)6-4-13/h13-17H,3-11H2,1-2H3/t13?,14?,15-,16?,17+/m1/s1. The van der Waals surface area contributed by atoms with Crippen molar-refractivity contribution in [2.45, 2.75) is 51.5 Å². The zero-order valence-corrected chi connectivity index (χ0v) is 16.3. The second-order valence-electron chi connectivity index (χ2n) is 9.13. The van der Waals surface area contributed by atoms with Crippen LogP contribution in [-0.2, 0) is 11.8 Å². The molecule has 6 rings (SSSR count). The van der Waals surface area contributed by atoms with Gasteiger partial charge in [0.1, 0.15) is 0 Å². The second-order valence-corrected chi connectivity index (χ2v) is 9.13. The number of fused-ring (bicyclic) bond motifs is 4. The topological polar surface area (TPSA) is 71.3 Å². The highest BCUT2D eigenvalue weighted by Crippen LogP contribution is 2.46. The Labute approximate surface area is 160 Å². The van der Waals surface area contributed by atoms with E-state index >= 15 is 0 Å². The van der Waals surface area contributed by atoms with Crippen molar-refractivity contribution >= 4 is 11.8 Å². The summed E-state index contributed by atoms with van der Waals surface area (Å²) in [6.45, 7) is 4.16. The number of hydrogen-bond donors (Lipinski definition) is 0. The molecule has 1 aromatic rings. The smallest absolute Gasteiger partial charge is 0.276 e. The van der Waals surface area contributed by atoms with Crippen molar-refractivity contribution in [1.29, 1.82) is 0 Å². The highest BCUT2D eigenvalue weighted by molar-refractivity contribution is 5.93. The Morgan fingerprint density at radius 3 is 2.44 bits per heavy atom. The lowest BCUT2D eigenvalue weighted by Gasteiger charge is -2.42. The van der Waals surface area contributed by atoms with Gasteiger partial charge in [0.25, 0.3) is 5.91 Å². The molecule has 3 heterocycles. The Hall–Kier alpha value is -1.92. The van der Waals surface area contributed by atoms with Crippen LogP contribution in [0, 0.1) is 30.6 Å². The summed E-state index contributed by atoms with van der Waals surface area (Å²) >= 11 is 0. The summed E-state index contributed by atoms with van der Waals surface area (Å²) in [5.41, 5.74) is 1.25. The highest BCUT2D eigenvalue weighted by Gasteiger charge is 2.48. The number of carbonyl (C=O) groups is 2. The summed E-state index contributed by atoms with van der Waals surface area (Å²) in [5, 5.41) is 8.04. The molecule has 1 unspecified atom stereocenters. The minimum atomic E-state index is -0.0286. The lowest BCUT2D eigenvalue weighted by molar-refractivity contribution is -0.140. The fourth-order valence-corrected chi connectivity index (χ4v) is 6.05. The Bertz CT molecular complexity index is 766. The van der Waals surface area contributed by atoms with E-state index in [-0.39, 0.29) is 17.9 Å². The first-order chi connectivity index (χ1) is 13.0. The van der Waals surface area contributed by atoms with Crippen LogP contribution in [0.4, 0.5) is 0 Å². The molecule has 2 bridgehead atoms. The molecular weight excluding hydrogens is 342 g/mol. The molecule has 1 aromatic heterocycles. The zero-order chi connectivity index (χ0) is 18.7. The molecule has 7 heteroatoms. The zero-order valence-electron chi connectivity index (χ0n) is 16.3. The van der Waals surface area contributed by atoms with Gasteiger partial charge < -0.3 is 9.80 Å². The van der Waals surface area contributed by atoms with Crippen LogP contribution in [0.5, 0.6) is 0 Å². The Balaban J connectivity index is 1.29. The van der Waals surface area contributed by atoms with Crippen LogP contribution in [0.2, 0.25) is 0 Å². The normalized spacial score (nSPS) is 35.0. The quantitative estimate of drug-likeness (QED) is 0.792. The van der Waals surface area contributed by atoms with Crippen molar-refractivity contribution in [3.63, 3.8) is 0 Å². The molecule has 2 amide bonds. The van der Waals surface area contributed by atoms with Crippen LogP contribution in [0.15, 0.2) is 0 Å². The van der Waals surface area contributed by atoms with E-state index in [1.54, 1.807) is 11.7 Å². The number of nitrogens with zero attached hydrogens (tertiary/aromatic N) is 5. The number of aromatic nitrogens is 3. The number of likely N-dealkylation sites (tertiary alicyclic amines) is 2. The molecule has 3 saturated carbocycles. The minimum absolute atomic E-state index is 0.0286. The van der Waals surface area contributed by atoms with Crippen molar-refractivity contribution in [3.05, 3.63) is 11.4 Å². The van der Waals surface area contributed by atoms with Crippen LogP contribution in [0.3, 0.4) is 0 Å². The Kier molecular flexibility index (Phi) is 4.02. The van der Waals surface area contributed by atoms with Crippen molar-refractivity contribution in [2.24, 2.45) is 30.7 Å². The predicted octanol–water partition coefficient (Wildman–Crippen LogP) is 1.62. The molecule has 3 aliphatic carbocycles. The highest BCUT2D eigenvalue weighted by atomic mass is 16.2. The molecule has 27 heavy (non-hydrogen) atoms. The molecule has 3 atom stereocenters. The maximum Gasteiger partial charge on any atom is 0.276 e. The first kappa shape index (κ1) is 17.2. The van der Waals surface area contributed by atoms with Gasteiger partial charge in [-0.1, -0.05) is 18.1 Å². The first-order valence-electron chi connectivity index (χ1n) is 10.5. The maximum atomic E-state index is 13.2. The Morgan fingerprint density at radius 2 is 1.81 bits per heavy atom. The lowest BCUT2D eigenvalue weighted by Crippen LogP contribution is -2.45. The molecule has 2 aliphatic heterocycles. The molecule has 2 saturated heterocycles. The molecule has 0 N–H and O–H groups in total. The fraction of sp³-hybridized carbons (Fsp3) is 0.800. The van der Waals surface area contributed by atoms with E-state index in [1.165, 1.54) is 25.7 Å². The van der Waals surface area contributed by atoms with Crippen molar-refractivity contribution in [1.82, 2.24) is 24.8 Å². The van der Waals surface area contributed by atoms with Gasteiger partial charge >= 0.3 is 0 Å². The summed E-state index contributed by atoms with van der Waals surface area (Å²) in [6.07, 6.45) is 7.18. The molecule has 0 aromatic carbocycles. The van der Waals surface area contributed by atoms with Crippen molar-refractivity contribution in [3.8, 4) is 0 Å². The van der Waals surface area contributed by atoms with E-state index in [4.69, 9.17) is 0 Å². The first-order valence-corrected chi connectivity index (χ1v) is 10.5. The molecule has 146 valence electrons. The molecule has 7 nitrogen and oxygen atoms in total. The van der Waals surface area contributed by atoms with Gasteiger partial charge in [-0.15, -0.1) is 5.10 Å². The van der Waals surface area contributed by atoms with Crippen LogP contribution in [0.1, 0.15) is 54.7 Å². The summed E-state index contributed by atoms with van der Waals surface area (Å²) in [6, 6.07) is 0.142. The van der Waals surface area contributed by atoms with Gasteiger partial charge in [-0.2, -0.15) is 0 Å². The summed E-state index contributed by atoms with van der Waals surface area (Å²) in [5.74, 6) is 2.35. The van der Waals surface area contributed by atoms with E-state index < -0.39 is 0 Å². The van der Waals surface area contributed by atoms with E-state index in [1.807, 2.05) is 11.8 Å². The Morgan fingerprint density at radius 1 is 1.04 bits per heavy atom. The third-order valence-corrected chi connectivity index (χ3v) is 7.79. The van der Waals surface area contributed by atoms with Gasteiger partial charge in [0, 0.05) is 38.5 Å². The molecule has 0 radical (unpaired) electrons. The molecular formula is C20H29N5O2. The largest absolute Gasteiger partial charge is 0.340 e. The van der Waals surface area contributed by atoms with Crippen molar-refractivity contribution < 1.29 is 9.59 Å². The summed E-state index contributed by atoms with van der Waals surface area (Å²) in [4.78, 5) is 30.3. The second kappa shape index (κ2) is 6.31. The molecule has 5 aliphatic rings. The van der Waals surface area contributed by atoms with Crippen LogP contribution < -0.4 is 0 Å². The van der Waals surface area contributed by atoms with Gasteiger partial charge in [-0.3, -0.25) is 14.3 Å². The average Bonchev–Trinajstić information content (AvgIpc) is 3.37. The molecule has 5 fully saturated rings. The monoisotopic (exact) mass is 371 g/mol. The number of aryl methyl sites for hydroxylation is 1. The number of amides is 2. The van der Waals surface area contributed by atoms with Gasteiger partial charge in [0.05, 0.1) is 11.7 Å². The third-order valence-electron chi connectivity index (χ3n) is 7.79. The van der Waals surface area contributed by atoms with Crippen LogP contribution >= 0.6 is 0 Å². The van der Waals surface area contributed by atoms with E-state index in [9.17, 15) is 9.59 Å². The van der Waals surface area contributed by atoms with Crippen LogP contribution in [-0.4, -0.2) is 62.3 Å². The SMILES string of the molecule is Cc1c(C(=O)N2CC[C@@H]3CN(C(=O)C4CC5CCC4CC5)C[C@@H]32)nnn1C. The molecule has 0 spiro atoms. The third kappa shape index (κ3) is 2.69. The summed E-state index contributed by atoms with van der Waals surface area (Å²) < 4.78 is 1.64. The van der Waals surface area contributed by atoms with Gasteiger partial charge in [0.2, 0.25) is 5.91 Å². The number of rotatable bonds is 2. The number of carbonyl (C=O) groups excluding carboxylic acids is 2.